The van der Waals surface area contributed by atoms with Gasteiger partial charge in [0, 0.05) is 23.4 Å². The zero-order valence-electron chi connectivity index (χ0n) is 17.7. The first-order valence-electron chi connectivity index (χ1n) is 10.6. The first-order chi connectivity index (χ1) is 15.0. The van der Waals surface area contributed by atoms with Crippen molar-refractivity contribution >= 4 is 35.2 Å². The maximum Gasteiger partial charge on any atom is 0.242 e. The van der Waals surface area contributed by atoms with Gasteiger partial charge in [0.25, 0.3) is 0 Å². The molecule has 31 heavy (non-hydrogen) atoms. The van der Waals surface area contributed by atoms with Gasteiger partial charge in [-0.3, -0.25) is 9.59 Å². The van der Waals surface area contributed by atoms with Gasteiger partial charge < -0.3 is 10.2 Å². The molecule has 2 aromatic carbocycles. The fraction of sp³-hybridized carbons (Fsp3) is 0.417. The van der Waals surface area contributed by atoms with Gasteiger partial charge in [-0.05, 0) is 43.0 Å². The van der Waals surface area contributed by atoms with Crippen LogP contribution in [0.4, 0.5) is 4.39 Å². The second kappa shape index (κ2) is 11.5. The van der Waals surface area contributed by atoms with E-state index in [2.05, 4.69) is 5.32 Å². The van der Waals surface area contributed by atoms with Crippen molar-refractivity contribution in [3.8, 4) is 0 Å². The Labute approximate surface area is 192 Å². The number of amides is 2. The molecule has 166 valence electrons. The molecule has 0 unspecified atom stereocenters. The van der Waals surface area contributed by atoms with Gasteiger partial charge in [-0.15, -0.1) is 11.8 Å². The Balaban J connectivity index is 1.67. The zero-order chi connectivity index (χ0) is 22.2. The molecule has 0 saturated heterocycles. The van der Waals surface area contributed by atoms with E-state index in [4.69, 9.17) is 11.6 Å². The van der Waals surface area contributed by atoms with Crippen molar-refractivity contribution in [3.05, 3.63) is 70.5 Å². The normalized spacial score (nSPS) is 14.9. The number of halogens is 2. The molecule has 0 aromatic heterocycles. The molecule has 0 aliphatic heterocycles. The van der Waals surface area contributed by atoms with Crippen LogP contribution in [0.5, 0.6) is 0 Å². The lowest BCUT2D eigenvalue weighted by molar-refractivity contribution is -0.138. The van der Waals surface area contributed by atoms with Crippen molar-refractivity contribution < 1.29 is 14.0 Å². The maximum absolute atomic E-state index is 13.9. The van der Waals surface area contributed by atoms with Gasteiger partial charge in [-0.2, -0.15) is 0 Å². The molecule has 0 radical (unpaired) electrons. The van der Waals surface area contributed by atoms with Crippen LogP contribution in [0.1, 0.15) is 43.7 Å². The Morgan fingerprint density at radius 2 is 1.77 bits per heavy atom. The lowest BCUT2D eigenvalue weighted by Gasteiger charge is -2.30. The Kier molecular flexibility index (Phi) is 8.79. The number of rotatable bonds is 9. The molecule has 4 nitrogen and oxygen atoms in total. The lowest BCUT2D eigenvalue weighted by atomic mass is 10.1. The molecule has 1 atom stereocenters. The number of nitrogens with one attached hydrogen (secondary N) is 1. The molecule has 1 aliphatic carbocycles. The summed E-state index contributed by atoms with van der Waals surface area (Å²) in [5.74, 6) is -0.0534. The average Bonchev–Trinajstić information content (AvgIpc) is 3.27. The molecule has 3 rings (SSSR count). The highest BCUT2D eigenvalue weighted by Gasteiger charge is 2.28. The molecule has 1 fully saturated rings. The minimum absolute atomic E-state index is 0.147. The van der Waals surface area contributed by atoms with Gasteiger partial charge >= 0.3 is 0 Å². The van der Waals surface area contributed by atoms with E-state index in [0.717, 1.165) is 31.2 Å². The van der Waals surface area contributed by atoms with E-state index in [1.54, 1.807) is 36.1 Å². The van der Waals surface area contributed by atoms with Crippen molar-refractivity contribution in [2.24, 2.45) is 0 Å². The minimum Gasteiger partial charge on any atom is -0.352 e. The van der Waals surface area contributed by atoms with Crippen LogP contribution in [0.2, 0.25) is 5.02 Å². The van der Waals surface area contributed by atoms with E-state index < -0.39 is 6.04 Å². The summed E-state index contributed by atoms with van der Waals surface area (Å²) in [6.07, 6.45) is 4.20. The van der Waals surface area contributed by atoms with E-state index >= 15 is 0 Å². The fourth-order valence-corrected chi connectivity index (χ4v) is 4.82. The van der Waals surface area contributed by atoms with E-state index in [1.807, 2.05) is 18.2 Å². The third kappa shape index (κ3) is 6.71. The van der Waals surface area contributed by atoms with E-state index in [9.17, 15) is 14.0 Å². The monoisotopic (exact) mass is 462 g/mol. The maximum atomic E-state index is 13.9. The summed E-state index contributed by atoms with van der Waals surface area (Å²) < 4.78 is 13.9. The van der Waals surface area contributed by atoms with Crippen LogP contribution in [0, 0.1) is 5.82 Å². The molecule has 0 spiro atoms. The van der Waals surface area contributed by atoms with E-state index in [1.165, 1.54) is 17.8 Å². The Bertz CT molecular complexity index is 905. The number of carbonyl (C=O) groups is 2. The van der Waals surface area contributed by atoms with Gasteiger partial charge in [-0.1, -0.05) is 60.8 Å². The molecule has 7 heteroatoms. The molecule has 1 N–H and O–H groups in total. The van der Waals surface area contributed by atoms with Crippen molar-refractivity contribution in [2.45, 2.75) is 57.0 Å². The van der Waals surface area contributed by atoms with Crippen LogP contribution < -0.4 is 5.32 Å². The molecule has 2 aromatic rings. The summed E-state index contributed by atoms with van der Waals surface area (Å²) in [6, 6.07) is 13.4. The summed E-state index contributed by atoms with van der Waals surface area (Å²) in [5, 5.41) is 3.64. The van der Waals surface area contributed by atoms with Crippen LogP contribution in [0.25, 0.3) is 0 Å². The second-order valence-electron chi connectivity index (χ2n) is 7.86. The average molecular weight is 463 g/mol. The number of benzene rings is 2. The number of carbonyl (C=O) groups excluding carboxylic acids is 2. The lowest BCUT2D eigenvalue weighted by Crippen LogP contribution is -2.50. The van der Waals surface area contributed by atoms with Gasteiger partial charge in [0.1, 0.15) is 11.9 Å². The number of thioether (sulfide) groups is 1. The van der Waals surface area contributed by atoms with Crippen molar-refractivity contribution in [1.29, 1.82) is 0 Å². The zero-order valence-corrected chi connectivity index (χ0v) is 19.2. The smallest absolute Gasteiger partial charge is 0.242 e. The molecule has 0 heterocycles. The van der Waals surface area contributed by atoms with E-state index in [-0.39, 0.29) is 36.0 Å². The highest BCUT2D eigenvalue weighted by molar-refractivity contribution is 7.99. The minimum atomic E-state index is -0.626. The van der Waals surface area contributed by atoms with Gasteiger partial charge in [0.05, 0.1) is 5.75 Å². The molecule has 0 bridgehead atoms. The van der Waals surface area contributed by atoms with Crippen LogP contribution in [-0.2, 0) is 21.9 Å². The summed E-state index contributed by atoms with van der Waals surface area (Å²) >= 11 is 7.65. The quantitative estimate of drug-likeness (QED) is 0.558. The summed E-state index contributed by atoms with van der Waals surface area (Å²) in [7, 11) is 0. The second-order valence-corrected chi connectivity index (χ2v) is 9.26. The fourth-order valence-electron chi connectivity index (χ4n) is 3.73. The van der Waals surface area contributed by atoms with Gasteiger partial charge in [0.15, 0.2) is 0 Å². The topological polar surface area (TPSA) is 49.4 Å². The Hall–Kier alpha value is -2.05. The summed E-state index contributed by atoms with van der Waals surface area (Å²) in [5.41, 5.74) is 1.35. The van der Waals surface area contributed by atoms with Gasteiger partial charge in [0.2, 0.25) is 11.8 Å². The number of hydrogen-bond donors (Lipinski definition) is 1. The van der Waals surface area contributed by atoms with E-state index in [0.29, 0.717) is 16.3 Å². The highest BCUT2D eigenvalue weighted by Crippen LogP contribution is 2.22. The highest BCUT2D eigenvalue weighted by atomic mass is 35.5. The standard InChI is InChI=1S/C24H28ClFN2O2S/c1-17(24(30)27-20-10-4-5-11-20)28(14-18-8-2-6-12-21(18)25)23(29)16-31-15-19-9-3-7-13-22(19)26/h2-3,6-9,12-13,17,20H,4-5,10-11,14-16H2,1H3,(H,27,30)/t17-/m0/s1. The Morgan fingerprint density at radius 1 is 1.13 bits per heavy atom. The SMILES string of the molecule is C[C@@H](C(=O)NC1CCCC1)N(Cc1ccccc1Cl)C(=O)CSCc1ccccc1F. The van der Waals surface area contributed by atoms with Crippen molar-refractivity contribution in [2.75, 3.05) is 5.75 Å². The largest absolute Gasteiger partial charge is 0.352 e. The molecule has 2 amide bonds. The Morgan fingerprint density at radius 3 is 2.45 bits per heavy atom. The first-order valence-corrected chi connectivity index (χ1v) is 12.1. The predicted octanol–water partition coefficient (Wildman–Crippen LogP) is 5.19. The van der Waals surface area contributed by atoms with Crippen LogP contribution in [0.3, 0.4) is 0 Å². The molecular weight excluding hydrogens is 435 g/mol. The summed E-state index contributed by atoms with van der Waals surface area (Å²) in [4.78, 5) is 27.5. The third-order valence-electron chi connectivity index (χ3n) is 5.61. The number of nitrogens with zero attached hydrogens (tertiary/aromatic N) is 1. The molecule has 1 aliphatic rings. The first kappa shape index (κ1) is 23.6. The van der Waals surface area contributed by atoms with Crippen LogP contribution in [0.15, 0.2) is 48.5 Å². The third-order valence-corrected chi connectivity index (χ3v) is 6.94. The van der Waals surface area contributed by atoms with Gasteiger partial charge in [-0.25, -0.2) is 4.39 Å². The van der Waals surface area contributed by atoms with Crippen LogP contribution in [-0.4, -0.2) is 34.6 Å². The predicted molar refractivity (Wildman–Crippen MR) is 124 cm³/mol. The molecule has 1 saturated carbocycles. The molecular formula is C24H28ClFN2O2S. The number of hydrogen-bond acceptors (Lipinski definition) is 3. The summed E-state index contributed by atoms with van der Waals surface area (Å²) in [6.45, 7) is 2.00. The van der Waals surface area contributed by atoms with Crippen LogP contribution >= 0.6 is 23.4 Å². The van der Waals surface area contributed by atoms with Crippen molar-refractivity contribution in [1.82, 2.24) is 10.2 Å². The van der Waals surface area contributed by atoms with Crippen molar-refractivity contribution in [3.63, 3.8) is 0 Å².